The Morgan fingerprint density at radius 2 is 2.17 bits per heavy atom. The molecule has 0 atom stereocenters. The van der Waals surface area contributed by atoms with Gasteiger partial charge in [0, 0.05) is 6.07 Å². The summed E-state index contributed by atoms with van der Waals surface area (Å²) in [4.78, 5) is 4.38. The fraction of sp³-hybridized carbons (Fsp3) is 0.100. The van der Waals surface area contributed by atoms with Crippen molar-refractivity contribution >= 4 is 50.5 Å². The van der Waals surface area contributed by atoms with Crippen LogP contribution in [-0.2, 0) is 6.61 Å². The summed E-state index contributed by atoms with van der Waals surface area (Å²) in [5, 5.41) is 9.35. The lowest BCUT2D eigenvalue weighted by atomic mass is 10.3. The van der Waals surface area contributed by atoms with Crippen molar-refractivity contribution < 1.29 is 14.2 Å². The van der Waals surface area contributed by atoms with E-state index >= 15 is 0 Å². The highest BCUT2D eigenvalue weighted by molar-refractivity contribution is 9.10. The minimum absolute atomic E-state index is 0.0116. The zero-order valence-electron chi connectivity index (χ0n) is 8.58. The van der Waals surface area contributed by atoms with E-state index in [2.05, 4.69) is 20.9 Å². The first-order valence-corrected chi connectivity index (χ1v) is 6.96. The SMILES string of the molecule is OCc1sc(Oc2cc(F)c(Cl)cc2Br)nc1Cl. The number of ether oxygens (including phenoxy) is 1. The summed E-state index contributed by atoms with van der Waals surface area (Å²) in [6, 6.07) is 2.52. The fourth-order valence-electron chi connectivity index (χ4n) is 1.13. The van der Waals surface area contributed by atoms with Crippen molar-refractivity contribution in [3.63, 3.8) is 0 Å². The largest absolute Gasteiger partial charge is 0.430 e. The highest BCUT2D eigenvalue weighted by atomic mass is 79.9. The van der Waals surface area contributed by atoms with Crippen LogP contribution in [0.4, 0.5) is 4.39 Å². The van der Waals surface area contributed by atoms with Crippen LogP contribution in [0.15, 0.2) is 16.6 Å². The second-order valence-corrected chi connectivity index (χ2v) is 5.82. The second kappa shape index (κ2) is 5.71. The van der Waals surface area contributed by atoms with Gasteiger partial charge in [0.25, 0.3) is 5.19 Å². The third-order valence-electron chi connectivity index (χ3n) is 1.95. The predicted octanol–water partition coefficient (Wildman–Crippen LogP) is 4.64. The maximum Gasteiger partial charge on any atom is 0.280 e. The topological polar surface area (TPSA) is 42.4 Å². The lowest BCUT2D eigenvalue weighted by molar-refractivity contribution is 0.285. The van der Waals surface area contributed by atoms with Gasteiger partial charge in [0.15, 0.2) is 0 Å². The van der Waals surface area contributed by atoms with Crippen molar-refractivity contribution in [1.29, 1.82) is 0 Å². The van der Waals surface area contributed by atoms with Crippen molar-refractivity contribution in [2.45, 2.75) is 6.61 Å². The Morgan fingerprint density at radius 1 is 1.44 bits per heavy atom. The van der Waals surface area contributed by atoms with Gasteiger partial charge in [-0.25, -0.2) is 4.39 Å². The molecule has 0 aliphatic rings. The summed E-state index contributed by atoms with van der Waals surface area (Å²) in [6.45, 7) is -0.226. The first-order chi connectivity index (χ1) is 8.51. The van der Waals surface area contributed by atoms with Crippen LogP contribution in [0, 0.1) is 5.82 Å². The monoisotopic (exact) mass is 371 g/mol. The molecule has 3 nitrogen and oxygen atoms in total. The summed E-state index contributed by atoms with van der Waals surface area (Å²) < 4.78 is 19.2. The second-order valence-electron chi connectivity index (χ2n) is 3.15. The van der Waals surface area contributed by atoms with Gasteiger partial charge in [-0.2, -0.15) is 4.98 Å². The lowest BCUT2D eigenvalue weighted by Crippen LogP contribution is -1.87. The molecular formula is C10H5BrCl2FNO2S. The molecule has 18 heavy (non-hydrogen) atoms. The molecule has 0 amide bonds. The molecule has 8 heteroatoms. The van der Waals surface area contributed by atoms with Crippen LogP contribution >= 0.6 is 50.5 Å². The van der Waals surface area contributed by atoms with E-state index in [9.17, 15) is 4.39 Å². The number of halogens is 4. The van der Waals surface area contributed by atoms with Crippen molar-refractivity contribution in [2.75, 3.05) is 0 Å². The first kappa shape index (κ1) is 14.0. The van der Waals surface area contributed by atoms with E-state index in [1.807, 2.05) is 0 Å². The standard InChI is InChI=1S/C10H5BrCl2FNO2S/c11-4-1-5(12)6(14)2-7(4)17-10-15-9(13)8(3-16)18-10/h1-2,16H,3H2. The van der Waals surface area contributed by atoms with Crippen LogP contribution in [-0.4, -0.2) is 10.1 Å². The molecule has 0 spiro atoms. The Labute approximate surface area is 124 Å². The van der Waals surface area contributed by atoms with Crippen LogP contribution < -0.4 is 4.74 Å². The highest BCUT2D eigenvalue weighted by Crippen LogP contribution is 2.37. The van der Waals surface area contributed by atoms with E-state index in [4.69, 9.17) is 33.0 Å². The smallest absolute Gasteiger partial charge is 0.280 e. The Bertz CT molecular complexity index is 593. The summed E-state index contributed by atoms with van der Waals surface area (Å²) in [5.41, 5.74) is 0. The van der Waals surface area contributed by atoms with Crippen LogP contribution in [0.3, 0.4) is 0 Å². The Balaban J connectivity index is 2.30. The number of thiazole rings is 1. The lowest BCUT2D eigenvalue weighted by Gasteiger charge is -2.05. The number of aliphatic hydroxyl groups excluding tert-OH is 1. The number of aliphatic hydroxyl groups is 1. The first-order valence-electron chi connectivity index (χ1n) is 4.59. The van der Waals surface area contributed by atoms with Crippen LogP contribution in [0.2, 0.25) is 10.2 Å². The van der Waals surface area contributed by atoms with Gasteiger partial charge in [-0.3, -0.25) is 0 Å². The number of rotatable bonds is 3. The zero-order chi connectivity index (χ0) is 13.3. The number of nitrogens with zero attached hydrogens (tertiary/aromatic N) is 1. The molecule has 0 unspecified atom stereocenters. The van der Waals surface area contributed by atoms with Crippen LogP contribution in [0.1, 0.15) is 4.88 Å². The van der Waals surface area contributed by atoms with Gasteiger partial charge in [0.1, 0.15) is 16.7 Å². The van der Waals surface area contributed by atoms with Gasteiger partial charge in [0.05, 0.1) is 21.0 Å². The molecule has 0 aliphatic heterocycles. The van der Waals surface area contributed by atoms with E-state index in [1.165, 1.54) is 6.07 Å². The van der Waals surface area contributed by atoms with Gasteiger partial charge < -0.3 is 9.84 Å². The Morgan fingerprint density at radius 3 is 2.78 bits per heavy atom. The maximum absolute atomic E-state index is 13.3. The van der Waals surface area contributed by atoms with E-state index in [0.29, 0.717) is 9.35 Å². The summed E-state index contributed by atoms with van der Waals surface area (Å²) in [6.07, 6.45) is 0. The fourth-order valence-corrected chi connectivity index (χ4v) is 2.83. The molecule has 2 rings (SSSR count). The predicted molar refractivity (Wildman–Crippen MR) is 72.2 cm³/mol. The molecular weight excluding hydrogens is 368 g/mol. The van der Waals surface area contributed by atoms with Crippen molar-refractivity contribution in [3.8, 4) is 10.9 Å². The third kappa shape index (κ3) is 2.95. The minimum Gasteiger partial charge on any atom is -0.430 e. The van der Waals surface area contributed by atoms with E-state index in [0.717, 1.165) is 17.4 Å². The molecule has 0 saturated carbocycles. The molecule has 0 fully saturated rings. The Kier molecular flexibility index (Phi) is 4.45. The van der Waals surface area contributed by atoms with Gasteiger partial charge in [0.2, 0.25) is 0 Å². The number of benzene rings is 1. The molecule has 0 saturated heterocycles. The molecule has 1 heterocycles. The van der Waals surface area contributed by atoms with E-state index in [1.54, 1.807) is 0 Å². The number of aromatic nitrogens is 1. The summed E-state index contributed by atoms with van der Waals surface area (Å²) in [7, 11) is 0. The number of hydrogen-bond donors (Lipinski definition) is 1. The third-order valence-corrected chi connectivity index (χ3v) is 4.20. The normalized spacial score (nSPS) is 10.7. The average Bonchev–Trinajstić information content (AvgIpc) is 2.66. The molecule has 0 aliphatic carbocycles. The van der Waals surface area contributed by atoms with Crippen LogP contribution in [0.25, 0.3) is 0 Å². The van der Waals surface area contributed by atoms with Crippen molar-refractivity contribution in [2.24, 2.45) is 0 Å². The molecule has 1 aromatic carbocycles. The molecule has 0 radical (unpaired) electrons. The molecule has 1 N–H and O–H groups in total. The minimum atomic E-state index is -0.597. The Hall–Kier alpha value is -0.400. The summed E-state index contributed by atoms with van der Waals surface area (Å²) in [5.74, 6) is -0.369. The van der Waals surface area contributed by atoms with Crippen LogP contribution in [0.5, 0.6) is 10.9 Å². The van der Waals surface area contributed by atoms with E-state index in [-0.39, 0.29) is 27.7 Å². The van der Waals surface area contributed by atoms with Crippen molar-refractivity contribution in [1.82, 2.24) is 4.98 Å². The van der Waals surface area contributed by atoms with Gasteiger partial charge >= 0.3 is 0 Å². The van der Waals surface area contributed by atoms with Gasteiger partial charge in [-0.15, -0.1) is 0 Å². The van der Waals surface area contributed by atoms with Crippen molar-refractivity contribution in [3.05, 3.63) is 37.5 Å². The summed E-state index contributed by atoms with van der Waals surface area (Å²) >= 11 is 15.7. The molecule has 2 aromatic rings. The molecule has 1 aromatic heterocycles. The van der Waals surface area contributed by atoms with Gasteiger partial charge in [-0.1, -0.05) is 34.5 Å². The zero-order valence-corrected chi connectivity index (χ0v) is 12.5. The highest BCUT2D eigenvalue weighted by Gasteiger charge is 2.13. The quantitative estimate of drug-likeness (QED) is 0.798. The number of hydrogen-bond acceptors (Lipinski definition) is 4. The maximum atomic E-state index is 13.3. The van der Waals surface area contributed by atoms with E-state index < -0.39 is 5.82 Å². The molecule has 0 bridgehead atoms. The molecule has 96 valence electrons. The average molecular weight is 373 g/mol. The van der Waals surface area contributed by atoms with Gasteiger partial charge in [-0.05, 0) is 22.0 Å².